The molecule has 8 nitrogen and oxygen atoms in total. The number of aromatic nitrogens is 5. The van der Waals surface area contributed by atoms with Gasteiger partial charge in [0, 0.05) is 23.7 Å². The van der Waals surface area contributed by atoms with Crippen LogP contribution in [0, 0.1) is 6.92 Å². The van der Waals surface area contributed by atoms with E-state index in [1.165, 1.54) is 0 Å². The van der Waals surface area contributed by atoms with Gasteiger partial charge in [0.05, 0.1) is 29.0 Å². The van der Waals surface area contributed by atoms with E-state index in [2.05, 4.69) is 37.8 Å². The second kappa shape index (κ2) is 6.08. The first-order valence-corrected chi connectivity index (χ1v) is 8.90. The van der Waals surface area contributed by atoms with Crippen LogP contribution in [0.5, 0.6) is 0 Å². The zero-order valence-electron chi connectivity index (χ0n) is 15.1. The predicted octanol–water partition coefficient (Wildman–Crippen LogP) is 3.52. The van der Waals surface area contributed by atoms with Gasteiger partial charge in [0.1, 0.15) is 5.52 Å². The zero-order chi connectivity index (χ0) is 18.4. The molecular weight excluding hydrogens is 342 g/mol. The van der Waals surface area contributed by atoms with Crippen LogP contribution < -0.4 is 5.32 Å². The summed E-state index contributed by atoms with van der Waals surface area (Å²) in [6.45, 7) is 4.69. The van der Waals surface area contributed by atoms with Crippen LogP contribution in [0.4, 0.5) is 11.5 Å². The van der Waals surface area contributed by atoms with Crippen molar-refractivity contribution in [3.8, 4) is 0 Å². The first-order chi connectivity index (χ1) is 13.2. The molecule has 0 saturated heterocycles. The molecule has 8 heteroatoms. The van der Waals surface area contributed by atoms with E-state index < -0.39 is 0 Å². The molecule has 1 aliphatic rings. The normalized spacial score (nSPS) is 16.7. The highest BCUT2D eigenvalue weighted by Gasteiger charge is 2.20. The van der Waals surface area contributed by atoms with Crippen molar-refractivity contribution in [2.24, 2.45) is 5.16 Å². The average molecular weight is 361 g/mol. The van der Waals surface area contributed by atoms with Gasteiger partial charge >= 0.3 is 0 Å². The Balaban J connectivity index is 1.44. The number of oxime groups is 1. The van der Waals surface area contributed by atoms with Crippen molar-refractivity contribution in [2.75, 3.05) is 5.32 Å². The SMILES string of the molecule is CC1=NOC(Cn2nc(C)c3cc(Nc4n[nH]c5cccnc45)ccc32)C1. The quantitative estimate of drug-likeness (QED) is 0.580. The van der Waals surface area contributed by atoms with Gasteiger partial charge in [-0.1, -0.05) is 5.16 Å². The third-order valence-electron chi connectivity index (χ3n) is 4.78. The fourth-order valence-electron chi connectivity index (χ4n) is 3.49. The number of nitrogens with one attached hydrogen (secondary N) is 2. The number of anilines is 2. The molecule has 2 N–H and O–H groups in total. The number of nitrogens with zero attached hydrogens (tertiary/aromatic N) is 5. The summed E-state index contributed by atoms with van der Waals surface area (Å²) in [5.74, 6) is 0.710. The molecule has 136 valence electrons. The Hall–Kier alpha value is -3.42. The van der Waals surface area contributed by atoms with Crippen molar-refractivity contribution >= 4 is 39.2 Å². The predicted molar refractivity (Wildman–Crippen MR) is 104 cm³/mol. The van der Waals surface area contributed by atoms with Crippen LogP contribution in [-0.4, -0.2) is 36.8 Å². The first-order valence-electron chi connectivity index (χ1n) is 8.90. The van der Waals surface area contributed by atoms with Crippen LogP contribution in [0.3, 0.4) is 0 Å². The second-order valence-electron chi connectivity index (χ2n) is 6.85. The fourth-order valence-corrected chi connectivity index (χ4v) is 3.49. The lowest BCUT2D eigenvalue weighted by molar-refractivity contribution is 0.0707. The summed E-state index contributed by atoms with van der Waals surface area (Å²) in [4.78, 5) is 9.85. The van der Waals surface area contributed by atoms with Crippen molar-refractivity contribution in [2.45, 2.75) is 32.9 Å². The fraction of sp³-hybridized carbons (Fsp3) is 0.263. The lowest BCUT2D eigenvalue weighted by Gasteiger charge is -2.09. The molecule has 0 spiro atoms. The number of aryl methyl sites for hydroxylation is 1. The molecule has 1 unspecified atom stereocenters. The highest BCUT2D eigenvalue weighted by molar-refractivity contribution is 5.90. The van der Waals surface area contributed by atoms with E-state index in [1.807, 2.05) is 36.7 Å². The van der Waals surface area contributed by atoms with Crippen LogP contribution >= 0.6 is 0 Å². The summed E-state index contributed by atoms with van der Waals surface area (Å²) in [5, 5.41) is 20.5. The summed E-state index contributed by atoms with van der Waals surface area (Å²) >= 11 is 0. The Morgan fingerprint density at radius 1 is 1.30 bits per heavy atom. The minimum atomic E-state index is 0.0480. The number of benzene rings is 1. The highest BCUT2D eigenvalue weighted by atomic mass is 16.6. The minimum Gasteiger partial charge on any atom is -0.390 e. The van der Waals surface area contributed by atoms with Gasteiger partial charge in [0.25, 0.3) is 0 Å². The van der Waals surface area contributed by atoms with Gasteiger partial charge in [-0.25, -0.2) is 0 Å². The van der Waals surface area contributed by atoms with E-state index >= 15 is 0 Å². The number of aromatic amines is 1. The van der Waals surface area contributed by atoms with E-state index in [0.717, 1.165) is 45.5 Å². The highest BCUT2D eigenvalue weighted by Crippen LogP contribution is 2.27. The van der Waals surface area contributed by atoms with Gasteiger partial charge in [-0.15, -0.1) is 0 Å². The van der Waals surface area contributed by atoms with Crippen LogP contribution in [0.1, 0.15) is 19.0 Å². The molecule has 1 aliphatic heterocycles. The van der Waals surface area contributed by atoms with Crippen molar-refractivity contribution in [3.05, 3.63) is 42.2 Å². The molecule has 4 aromatic rings. The Labute approximate surface area is 155 Å². The molecule has 0 saturated carbocycles. The number of fused-ring (bicyclic) bond motifs is 2. The zero-order valence-corrected chi connectivity index (χ0v) is 15.1. The topological polar surface area (TPSA) is 93.0 Å². The molecule has 1 atom stereocenters. The van der Waals surface area contributed by atoms with Gasteiger partial charge in [-0.2, -0.15) is 10.2 Å². The average Bonchev–Trinajstić information content (AvgIpc) is 3.35. The van der Waals surface area contributed by atoms with Crippen molar-refractivity contribution in [1.29, 1.82) is 0 Å². The molecule has 0 amide bonds. The van der Waals surface area contributed by atoms with E-state index in [-0.39, 0.29) is 6.10 Å². The number of hydrogen-bond acceptors (Lipinski definition) is 6. The Bertz CT molecular complexity index is 1170. The maximum absolute atomic E-state index is 5.46. The third kappa shape index (κ3) is 2.79. The van der Waals surface area contributed by atoms with Gasteiger partial charge in [-0.05, 0) is 44.2 Å². The number of pyridine rings is 1. The summed E-state index contributed by atoms with van der Waals surface area (Å²) < 4.78 is 2.00. The Morgan fingerprint density at radius 2 is 2.22 bits per heavy atom. The maximum Gasteiger partial charge on any atom is 0.178 e. The van der Waals surface area contributed by atoms with Gasteiger partial charge in [-0.3, -0.25) is 14.8 Å². The van der Waals surface area contributed by atoms with Crippen LogP contribution in [-0.2, 0) is 11.4 Å². The Kier molecular flexibility index (Phi) is 3.56. The largest absolute Gasteiger partial charge is 0.390 e. The molecule has 0 fully saturated rings. The van der Waals surface area contributed by atoms with E-state index in [0.29, 0.717) is 12.4 Å². The molecule has 0 aliphatic carbocycles. The summed E-state index contributed by atoms with van der Waals surface area (Å²) in [6, 6.07) is 10.0. The van der Waals surface area contributed by atoms with E-state index in [4.69, 9.17) is 9.94 Å². The molecule has 4 heterocycles. The minimum absolute atomic E-state index is 0.0480. The molecule has 27 heavy (non-hydrogen) atoms. The van der Waals surface area contributed by atoms with Gasteiger partial charge < -0.3 is 10.2 Å². The number of rotatable bonds is 4. The molecular formula is C19H19N7O. The molecule has 0 bridgehead atoms. The third-order valence-corrected chi connectivity index (χ3v) is 4.78. The number of hydrogen-bond donors (Lipinski definition) is 2. The van der Waals surface area contributed by atoms with Gasteiger partial charge in [0.15, 0.2) is 11.9 Å². The monoisotopic (exact) mass is 361 g/mol. The summed E-state index contributed by atoms with van der Waals surface area (Å²) in [6.07, 6.45) is 2.66. The molecule has 1 aromatic carbocycles. The maximum atomic E-state index is 5.46. The molecule has 0 radical (unpaired) electrons. The lowest BCUT2D eigenvalue weighted by atomic mass is 10.2. The van der Waals surface area contributed by atoms with Crippen molar-refractivity contribution < 1.29 is 4.84 Å². The van der Waals surface area contributed by atoms with Crippen LogP contribution in [0.15, 0.2) is 41.7 Å². The molecule has 5 rings (SSSR count). The van der Waals surface area contributed by atoms with Crippen LogP contribution in [0.25, 0.3) is 21.9 Å². The standard InChI is InChI=1S/C19H19N7O/c1-11-8-14(27-25-11)10-26-17-6-5-13(9-15(17)12(2)24-26)21-19-18-16(22-23-19)4-3-7-20-18/h3-7,9,14H,8,10H2,1-2H3,(H2,21,22,23). The summed E-state index contributed by atoms with van der Waals surface area (Å²) in [5.41, 5.74) is 5.75. The van der Waals surface area contributed by atoms with Gasteiger partial charge in [0.2, 0.25) is 0 Å². The van der Waals surface area contributed by atoms with E-state index in [9.17, 15) is 0 Å². The summed E-state index contributed by atoms with van der Waals surface area (Å²) in [7, 11) is 0. The van der Waals surface area contributed by atoms with Crippen LogP contribution in [0.2, 0.25) is 0 Å². The smallest absolute Gasteiger partial charge is 0.178 e. The molecule has 3 aromatic heterocycles. The first kappa shape index (κ1) is 15.8. The Morgan fingerprint density at radius 3 is 3.07 bits per heavy atom. The number of H-pyrrole nitrogens is 1. The second-order valence-corrected chi connectivity index (χ2v) is 6.85. The van der Waals surface area contributed by atoms with Crippen molar-refractivity contribution in [3.63, 3.8) is 0 Å². The van der Waals surface area contributed by atoms with Crippen molar-refractivity contribution in [1.82, 2.24) is 25.0 Å². The van der Waals surface area contributed by atoms with E-state index in [1.54, 1.807) is 6.20 Å². The lowest BCUT2D eigenvalue weighted by Crippen LogP contribution is -2.17.